The van der Waals surface area contributed by atoms with E-state index in [0.29, 0.717) is 0 Å². The molecule has 0 aromatic carbocycles. The van der Waals surface area contributed by atoms with E-state index in [1.807, 2.05) is 0 Å². The molecule has 0 spiro atoms. The Kier molecular flexibility index (Phi) is 18.7. The average molecular weight is 301 g/mol. The van der Waals surface area contributed by atoms with Crippen LogP contribution in [0.15, 0.2) is 0 Å². The molecule has 74 valence electrons. The summed E-state index contributed by atoms with van der Waals surface area (Å²) in [5.41, 5.74) is 0. The van der Waals surface area contributed by atoms with Crippen LogP contribution >= 0.6 is 8.92 Å². The van der Waals surface area contributed by atoms with Gasteiger partial charge in [-0.1, -0.05) is 0 Å². The SMILES string of the molecule is CCCCCCCC[O][Sn][Cl].O. The van der Waals surface area contributed by atoms with Crippen LogP contribution in [0.2, 0.25) is 0 Å². The van der Waals surface area contributed by atoms with Crippen LogP contribution in [0, 0.1) is 0 Å². The third kappa shape index (κ3) is 13.6. The van der Waals surface area contributed by atoms with Crippen molar-refractivity contribution < 1.29 is 8.55 Å². The van der Waals surface area contributed by atoms with Gasteiger partial charge >= 0.3 is 84.5 Å². The molecule has 0 rings (SSSR count). The molecule has 0 heterocycles. The van der Waals surface area contributed by atoms with E-state index in [4.69, 9.17) is 12.0 Å². The van der Waals surface area contributed by atoms with E-state index < -0.39 is 20.4 Å². The Hall–Kier alpha value is 1.01. The summed E-state index contributed by atoms with van der Waals surface area (Å²) >= 11 is -0.882. The largest absolute Gasteiger partial charge is 0.412 e. The Morgan fingerprint density at radius 3 is 2.25 bits per heavy atom. The van der Waals surface area contributed by atoms with Crippen molar-refractivity contribution in [2.75, 3.05) is 6.61 Å². The van der Waals surface area contributed by atoms with Gasteiger partial charge in [-0.2, -0.15) is 0 Å². The topological polar surface area (TPSA) is 40.7 Å². The molecule has 0 aliphatic heterocycles. The van der Waals surface area contributed by atoms with Crippen LogP contribution in [0.3, 0.4) is 0 Å². The number of rotatable bonds is 8. The van der Waals surface area contributed by atoms with Crippen LogP contribution in [0.4, 0.5) is 0 Å². The third-order valence-corrected chi connectivity index (χ3v) is 3.28. The van der Waals surface area contributed by atoms with Gasteiger partial charge in [0.15, 0.2) is 0 Å². The fraction of sp³-hybridized carbons (Fsp3) is 1.00. The molecule has 2 N–H and O–H groups in total. The minimum atomic E-state index is -0.882. The van der Waals surface area contributed by atoms with Crippen LogP contribution in [0.25, 0.3) is 0 Å². The van der Waals surface area contributed by atoms with Gasteiger partial charge < -0.3 is 5.48 Å². The molecule has 0 aliphatic carbocycles. The Morgan fingerprint density at radius 1 is 1.08 bits per heavy atom. The van der Waals surface area contributed by atoms with Gasteiger partial charge in [0, 0.05) is 0 Å². The van der Waals surface area contributed by atoms with Crippen molar-refractivity contribution in [3.8, 4) is 0 Å². The van der Waals surface area contributed by atoms with Crippen molar-refractivity contribution >= 4 is 29.4 Å². The maximum atomic E-state index is 5.51. The molecule has 0 amide bonds. The summed E-state index contributed by atoms with van der Waals surface area (Å²) in [6.45, 7) is 3.14. The molecule has 0 fully saturated rings. The van der Waals surface area contributed by atoms with Crippen molar-refractivity contribution in [1.29, 1.82) is 0 Å². The van der Waals surface area contributed by atoms with Crippen molar-refractivity contribution in [2.45, 2.75) is 45.4 Å². The van der Waals surface area contributed by atoms with Crippen LogP contribution in [-0.2, 0) is 3.07 Å². The van der Waals surface area contributed by atoms with Crippen LogP contribution in [0.5, 0.6) is 0 Å². The van der Waals surface area contributed by atoms with Crippen molar-refractivity contribution in [3.63, 3.8) is 0 Å². The monoisotopic (exact) mass is 302 g/mol. The quantitative estimate of drug-likeness (QED) is 0.501. The van der Waals surface area contributed by atoms with E-state index in [-0.39, 0.29) is 5.48 Å². The normalized spacial score (nSPS) is 9.50. The van der Waals surface area contributed by atoms with E-state index in [9.17, 15) is 0 Å². The molecule has 0 aromatic heterocycles. The zero-order valence-electron chi connectivity index (χ0n) is 7.74. The van der Waals surface area contributed by atoms with E-state index in [1.165, 1.54) is 38.5 Å². The minimum Gasteiger partial charge on any atom is -0.412 e. The molecule has 2 nitrogen and oxygen atoms in total. The van der Waals surface area contributed by atoms with Gasteiger partial charge in [-0.15, -0.1) is 0 Å². The summed E-state index contributed by atoms with van der Waals surface area (Å²) < 4.78 is 5.18. The zero-order valence-corrected chi connectivity index (χ0v) is 11.3. The maximum absolute atomic E-state index is 5.51. The van der Waals surface area contributed by atoms with Gasteiger partial charge in [0.25, 0.3) is 0 Å². The summed E-state index contributed by atoms with van der Waals surface area (Å²) in [6, 6.07) is 0. The second kappa shape index (κ2) is 14.5. The Morgan fingerprint density at radius 2 is 1.67 bits per heavy atom. The first-order valence-corrected chi connectivity index (χ1v) is 9.17. The summed E-state index contributed by atoms with van der Waals surface area (Å²) in [6.07, 6.45) is 7.98. The summed E-state index contributed by atoms with van der Waals surface area (Å²) in [4.78, 5) is 0. The molecule has 12 heavy (non-hydrogen) atoms. The number of hydrogen-bond acceptors (Lipinski definition) is 1. The smallest absolute Gasteiger partial charge is 0.412 e. The summed E-state index contributed by atoms with van der Waals surface area (Å²) in [7, 11) is 5.51. The third-order valence-electron chi connectivity index (χ3n) is 1.65. The molecule has 0 unspecified atom stereocenters. The second-order valence-corrected chi connectivity index (χ2v) is 4.99. The first kappa shape index (κ1) is 15.5. The fourth-order valence-electron chi connectivity index (χ4n) is 0.993. The summed E-state index contributed by atoms with van der Waals surface area (Å²) in [5.74, 6) is 0. The number of unbranched alkanes of at least 4 members (excludes halogenated alkanes) is 5. The number of halogens is 1. The van der Waals surface area contributed by atoms with Crippen LogP contribution in [0.1, 0.15) is 45.4 Å². The standard InChI is InChI=1S/C8H17O.ClH.H2O.Sn/c1-2-3-4-5-6-7-8-9;;;/h2-8H2,1H3;1H;1H2;/q-1;;;+2/p-1. The molecule has 2 radical (unpaired) electrons. The fourth-order valence-corrected chi connectivity index (χ4v) is 2.14. The van der Waals surface area contributed by atoms with Crippen LogP contribution in [-0.4, -0.2) is 32.5 Å². The molecule has 0 atom stereocenters. The molecule has 0 aliphatic rings. The first-order chi connectivity index (χ1) is 5.41. The van der Waals surface area contributed by atoms with Gasteiger partial charge in [0.1, 0.15) is 0 Å². The predicted molar refractivity (Wildman–Crippen MR) is 54.5 cm³/mol. The van der Waals surface area contributed by atoms with Crippen LogP contribution < -0.4 is 0 Å². The Labute approximate surface area is 89.8 Å². The molecule has 0 bridgehead atoms. The molecule has 0 saturated carbocycles. The van der Waals surface area contributed by atoms with Crippen molar-refractivity contribution in [1.82, 2.24) is 0 Å². The second-order valence-electron chi connectivity index (χ2n) is 2.69. The molecule has 0 aromatic rings. The van der Waals surface area contributed by atoms with Gasteiger partial charge in [0.05, 0.1) is 0 Å². The van der Waals surface area contributed by atoms with Crippen molar-refractivity contribution in [2.24, 2.45) is 0 Å². The van der Waals surface area contributed by atoms with Crippen molar-refractivity contribution in [3.05, 3.63) is 0 Å². The van der Waals surface area contributed by atoms with Gasteiger partial charge in [-0.05, 0) is 0 Å². The maximum Gasteiger partial charge on any atom is -0.412 e. The Bertz CT molecular complexity index is 66.1. The van der Waals surface area contributed by atoms with Gasteiger partial charge in [-0.3, -0.25) is 0 Å². The van der Waals surface area contributed by atoms with E-state index >= 15 is 0 Å². The number of hydrogen-bond donors (Lipinski definition) is 0. The van der Waals surface area contributed by atoms with Gasteiger partial charge in [0.2, 0.25) is 0 Å². The summed E-state index contributed by atoms with van der Waals surface area (Å²) in [5, 5.41) is 0. The zero-order chi connectivity index (χ0) is 8.36. The molecule has 0 saturated heterocycles. The van der Waals surface area contributed by atoms with Gasteiger partial charge in [-0.25, -0.2) is 0 Å². The predicted octanol–water partition coefficient (Wildman–Crippen LogP) is 2.31. The molecular weight excluding hydrogens is 282 g/mol. The minimum absolute atomic E-state index is 0. The van der Waals surface area contributed by atoms with E-state index in [0.717, 1.165) is 6.61 Å². The molecule has 4 heteroatoms. The van der Waals surface area contributed by atoms with E-state index in [1.54, 1.807) is 0 Å². The average Bonchev–Trinajstić information content (AvgIpc) is 2.03. The first-order valence-electron chi connectivity index (χ1n) is 4.39. The Balaban J connectivity index is 0. The van der Waals surface area contributed by atoms with E-state index in [2.05, 4.69) is 6.92 Å². The molecular formula is C8H19ClO2Sn.